The molecule has 2 aliphatic heterocycles. The standard InChI is InChI=1S/C35H37N7O7Si/c1-22-32(50(2,3)48)31(14-16-39-21-25(15-17-43)37-38-39)49-35(22)29-18-27(42(46)47)12-13-30(29)40(34(35)45)20-23-8-10-26(11-9-23)41-33(44)28-7-5-4-6-24(28)19-36-41/h4-13,18-19,21-22,31-32,43,48H,14-17,20H2,1-3H3/t22-,31+,32-,35+/m1/s1. The first-order valence-corrected chi connectivity index (χ1v) is 19.5. The third kappa shape index (κ3) is 5.61. The van der Waals surface area contributed by atoms with Crippen LogP contribution in [-0.4, -0.2) is 66.5 Å². The zero-order chi connectivity index (χ0) is 35.4. The van der Waals surface area contributed by atoms with Crippen molar-refractivity contribution in [3.63, 3.8) is 0 Å². The second-order valence-electron chi connectivity index (χ2n) is 13.6. The number of aliphatic hydroxyl groups excluding tert-OH is 1. The van der Waals surface area contributed by atoms with E-state index in [1.54, 1.807) is 52.3 Å². The number of non-ortho nitro benzene ring substituents is 1. The Bertz CT molecular complexity index is 2160. The molecule has 3 aromatic carbocycles. The Labute approximate surface area is 287 Å². The van der Waals surface area contributed by atoms with Gasteiger partial charge < -0.3 is 19.5 Å². The Morgan fingerprint density at radius 1 is 1.08 bits per heavy atom. The van der Waals surface area contributed by atoms with Gasteiger partial charge in [0.2, 0.25) is 0 Å². The number of nitro groups is 1. The first-order chi connectivity index (χ1) is 23.9. The maximum atomic E-state index is 14.8. The van der Waals surface area contributed by atoms with Gasteiger partial charge in [0, 0.05) is 60.3 Å². The molecule has 2 aliphatic rings. The van der Waals surface area contributed by atoms with Crippen LogP contribution in [-0.2, 0) is 34.6 Å². The molecule has 0 radical (unpaired) electrons. The molecule has 2 N–H and O–H groups in total. The van der Waals surface area contributed by atoms with Crippen molar-refractivity contribution in [2.75, 3.05) is 11.5 Å². The number of anilines is 1. The Hall–Kier alpha value is -5.09. The molecular formula is C35H37N7O7Si. The number of aromatic nitrogens is 5. The van der Waals surface area contributed by atoms with Gasteiger partial charge in [-0.1, -0.05) is 42.5 Å². The molecule has 1 saturated heterocycles. The third-order valence-corrected chi connectivity index (χ3v) is 12.5. The molecule has 0 unspecified atom stereocenters. The van der Waals surface area contributed by atoms with E-state index in [4.69, 9.17) is 4.74 Å². The summed E-state index contributed by atoms with van der Waals surface area (Å²) in [5.41, 5.74) is 0.536. The minimum absolute atomic E-state index is 0.0488. The number of nitro benzene ring substituents is 1. The number of benzene rings is 3. The number of rotatable bonds is 10. The van der Waals surface area contributed by atoms with Crippen molar-refractivity contribution in [3.8, 4) is 5.69 Å². The van der Waals surface area contributed by atoms with Gasteiger partial charge in [-0.05, 0) is 49.3 Å². The maximum absolute atomic E-state index is 14.8. The van der Waals surface area contributed by atoms with Gasteiger partial charge in [-0.3, -0.25) is 24.4 Å². The fourth-order valence-corrected chi connectivity index (χ4v) is 10.3. The monoisotopic (exact) mass is 695 g/mol. The highest BCUT2D eigenvalue weighted by atomic mass is 28.4. The number of aryl methyl sites for hydroxylation is 1. The molecule has 4 atom stereocenters. The zero-order valence-corrected chi connectivity index (χ0v) is 28.8. The molecule has 4 heterocycles. The molecule has 258 valence electrons. The fourth-order valence-electron chi connectivity index (χ4n) is 7.74. The molecule has 0 bridgehead atoms. The van der Waals surface area contributed by atoms with Crippen molar-refractivity contribution in [2.24, 2.45) is 5.92 Å². The quantitative estimate of drug-likeness (QED) is 0.124. The van der Waals surface area contributed by atoms with Gasteiger partial charge in [-0.25, -0.2) is 0 Å². The summed E-state index contributed by atoms with van der Waals surface area (Å²) in [5, 5.41) is 35.1. The van der Waals surface area contributed by atoms with E-state index < -0.39 is 30.9 Å². The molecular weight excluding hydrogens is 659 g/mol. The number of aliphatic hydroxyl groups is 1. The third-order valence-electron chi connectivity index (χ3n) is 9.99. The minimum atomic E-state index is -2.97. The fraction of sp³-hybridized carbons (Fsp3) is 0.343. The van der Waals surface area contributed by atoms with Crippen LogP contribution in [0.3, 0.4) is 0 Å². The number of hydrogen-bond acceptors (Lipinski definition) is 10. The van der Waals surface area contributed by atoms with E-state index in [9.17, 15) is 29.6 Å². The van der Waals surface area contributed by atoms with Crippen LogP contribution in [0.1, 0.15) is 30.2 Å². The summed E-state index contributed by atoms with van der Waals surface area (Å²) in [5.74, 6) is -0.861. The van der Waals surface area contributed by atoms with Crippen LogP contribution in [0.15, 0.2) is 83.9 Å². The van der Waals surface area contributed by atoms with Gasteiger partial charge >= 0.3 is 0 Å². The number of carbonyl (C=O) groups excluding carboxylic acids is 1. The highest BCUT2D eigenvalue weighted by molar-refractivity contribution is 6.71. The number of amides is 1. The van der Waals surface area contributed by atoms with Crippen molar-refractivity contribution in [1.82, 2.24) is 24.8 Å². The summed E-state index contributed by atoms with van der Waals surface area (Å²) >= 11 is 0. The van der Waals surface area contributed by atoms with E-state index in [0.717, 1.165) is 10.9 Å². The smallest absolute Gasteiger partial charge is 0.279 e. The van der Waals surface area contributed by atoms with Gasteiger partial charge in [0.1, 0.15) is 0 Å². The van der Waals surface area contributed by atoms with E-state index >= 15 is 0 Å². The van der Waals surface area contributed by atoms with Crippen LogP contribution in [0.4, 0.5) is 11.4 Å². The van der Waals surface area contributed by atoms with Crippen molar-refractivity contribution in [1.29, 1.82) is 0 Å². The topological polar surface area (TPSA) is 179 Å². The summed E-state index contributed by atoms with van der Waals surface area (Å²) in [6, 6.07) is 18.8. The lowest BCUT2D eigenvalue weighted by atomic mass is 9.82. The summed E-state index contributed by atoms with van der Waals surface area (Å²) in [6.45, 7) is 6.02. The number of ether oxygens (including phenoxy) is 1. The van der Waals surface area contributed by atoms with Crippen LogP contribution < -0.4 is 10.5 Å². The number of fused-ring (bicyclic) bond motifs is 3. The minimum Gasteiger partial charge on any atom is -0.432 e. The van der Waals surface area contributed by atoms with Crippen LogP contribution >= 0.6 is 0 Å². The van der Waals surface area contributed by atoms with Gasteiger partial charge in [0.15, 0.2) is 13.9 Å². The molecule has 0 saturated carbocycles. The van der Waals surface area contributed by atoms with Gasteiger partial charge in [0.25, 0.3) is 17.2 Å². The predicted molar refractivity (Wildman–Crippen MR) is 186 cm³/mol. The summed E-state index contributed by atoms with van der Waals surface area (Å²) in [7, 11) is -2.97. The molecule has 5 aromatic rings. The van der Waals surface area contributed by atoms with E-state index in [2.05, 4.69) is 15.4 Å². The molecule has 1 fully saturated rings. The molecule has 7 rings (SSSR count). The molecule has 15 heteroatoms. The largest absolute Gasteiger partial charge is 0.432 e. The number of carbonyl (C=O) groups is 1. The first-order valence-electron chi connectivity index (χ1n) is 16.5. The van der Waals surface area contributed by atoms with Crippen LogP contribution in [0, 0.1) is 16.0 Å². The predicted octanol–water partition coefficient (Wildman–Crippen LogP) is 3.86. The molecule has 1 amide bonds. The summed E-state index contributed by atoms with van der Waals surface area (Å²) in [4.78, 5) is 52.6. The van der Waals surface area contributed by atoms with Crippen molar-refractivity contribution >= 4 is 36.4 Å². The van der Waals surface area contributed by atoms with Crippen LogP contribution in [0.2, 0.25) is 18.6 Å². The lowest BCUT2D eigenvalue weighted by molar-refractivity contribution is -0.385. The molecule has 2 aromatic heterocycles. The average molecular weight is 696 g/mol. The number of hydrogen-bond donors (Lipinski definition) is 2. The van der Waals surface area contributed by atoms with Gasteiger partial charge in [0.05, 0.1) is 46.2 Å². The Balaban J connectivity index is 1.22. The van der Waals surface area contributed by atoms with Gasteiger partial charge in [-0.2, -0.15) is 9.78 Å². The second-order valence-corrected chi connectivity index (χ2v) is 17.5. The highest BCUT2D eigenvalue weighted by Crippen LogP contribution is 2.60. The van der Waals surface area contributed by atoms with E-state index in [1.807, 2.05) is 44.3 Å². The maximum Gasteiger partial charge on any atom is 0.279 e. The molecule has 1 spiro atoms. The summed E-state index contributed by atoms with van der Waals surface area (Å²) in [6.07, 6.45) is 3.63. The molecule has 50 heavy (non-hydrogen) atoms. The van der Waals surface area contributed by atoms with Crippen molar-refractivity contribution in [2.45, 2.75) is 63.2 Å². The average Bonchev–Trinajstić information content (AvgIpc) is 3.74. The van der Waals surface area contributed by atoms with Crippen LogP contribution in [0.5, 0.6) is 0 Å². The lowest BCUT2D eigenvalue weighted by Crippen LogP contribution is -2.46. The zero-order valence-electron chi connectivity index (χ0n) is 27.8. The Kier molecular flexibility index (Phi) is 8.46. The van der Waals surface area contributed by atoms with E-state index in [-0.39, 0.29) is 35.8 Å². The van der Waals surface area contributed by atoms with Crippen molar-refractivity contribution in [3.05, 3.63) is 116 Å². The Morgan fingerprint density at radius 3 is 2.56 bits per heavy atom. The van der Waals surface area contributed by atoms with Gasteiger partial charge in [-0.15, -0.1) is 5.10 Å². The Morgan fingerprint density at radius 2 is 1.84 bits per heavy atom. The SMILES string of the molecule is C[C@@H]1[C@@H]([Si](C)(C)O)[C@H](CCn2cc(CCO)nn2)O[C@@]12C(=O)N(Cc1ccc(-n3ncc4ccccc4c3=O)cc1)c1ccc([N+](=O)[O-])cc12. The number of nitrogens with zero attached hydrogens (tertiary/aromatic N) is 7. The van der Waals surface area contributed by atoms with Crippen LogP contribution in [0.25, 0.3) is 16.5 Å². The normalized spacial score (nSPS) is 21.7. The van der Waals surface area contributed by atoms with Crippen molar-refractivity contribution < 1.29 is 24.4 Å². The lowest BCUT2D eigenvalue weighted by Gasteiger charge is -2.32. The highest BCUT2D eigenvalue weighted by Gasteiger charge is 2.66. The molecule has 0 aliphatic carbocycles. The van der Waals surface area contributed by atoms with E-state index in [0.29, 0.717) is 47.4 Å². The van der Waals surface area contributed by atoms with E-state index in [1.165, 1.54) is 16.8 Å². The second kappa shape index (κ2) is 12.7. The molecule has 14 nitrogen and oxygen atoms in total. The first kappa shape index (κ1) is 33.4. The summed E-state index contributed by atoms with van der Waals surface area (Å²) < 4.78 is 9.80.